The lowest BCUT2D eigenvalue weighted by atomic mass is 9.91. The number of aromatic nitrogens is 2. The van der Waals surface area contributed by atoms with Gasteiger partial charge >= 0.3 is 0 Å². The predicted molar refractivity (Wildman–Crippen MR) is 93.0 cm³/mol. The first kappa shape index (κ1) is 15.7. The summed E-state index contributed by atoms with van der Waals surface area (Å²) in [5, 5.41) is 13.7. The van der Waals surface area contributed by atoms with E-state index >= 15 is 0 Å². The lowest BCUT2D eigenvalue weighted by molar-refractivity contribution is 0.634. The van der Waals surface area contributed by atoms with Crippen LogP contribution in [0.15, 0.2) is 35.1 Å². The van der Waals surface area contributed by atoms with Gasteiger partial charge < -0.3 is 10.6 Å². The summed E-state index contributed by atoms with van der Waals surface area (Å²) in [6.45, 7) is 2.67. The van der Waals surface area contributed by atoms with Crippen molar-refractivity contribution in [3.8, 4) is 0 Å². The molecule has 0 amide bonds. The zero-order valence-corrected chi connectivity index (χ0v) is 13.4. The number of hydrogen-bond donors (Lipinski definition) is 3. The number of rotatable bonds is 7. The number of fused-ring (bicyclic) bond motifs is 1. The molecule has 1 aromatic carbocycles. The van der Waals surface area contributed by atoms with Crippen LogP contribution < -0.4 is 16.2 Å². The Morgan fingerprint density at radius 1 is 1.00 bits per heavy atom. The van der Waals surface area contributed by atoms with Crippen LogP contribution in [0, 0.1) is 0 Å². The van der Waals surface area contributed by atoms with Crippen molar-refractivity contribution in [1.29, 1.82) is 0 Å². The Kier molecular flexibility index (Phi) is 5.42. The Bertz CT molecular complexity index is 681. The minimum atomic E-state index is 0.00321. The molecule has 3 N–H and O–H groups in total. The summed E-state index contributed by atoms with van der Waals surface area (Å²) in [6.07, 6.45) is 5.04. The van der Waals surface area contributed by atoms with Gasteiger partial charge in [-0.05, 0) is 43.4 Å². The van der Waals surface area contributed by atoms with Crippen LogP contribution >= 0.6 is 0 Å². The molecule has 1 aliphatic carbocycles. The van der Waals surface area contributed by atoms with Crippen molar-refractivity contribution in [2.75, 3.05) is 25.0 Å². The van der Waals surface area contributed by atoms with Crippen LogP contribution in [0.5, 0.6) is 0 Å². The van der Waals surface area contributed by atoms with E-state index in [0.29, 0.717) is 0 Å². The molecule has 5 heteroatoms. The zero-order valence-electron chi connectivity index (χ0n) is 13.4. The van der Waals surface area contributed by atoms with Crippen molar-refractivity contribution >= 4 is 5.69 Å². The fourth-order valence-electron chi connectivity index (χ4n) is 3.12. The van der Waals surface area contributed by atoms with E-state index in [9.17, 15) is 4.79 Å². The van der Waals surface area contributed by atoms with E-state index in [1.165, 1.54) is 12.0 Å². The molecule has 0 fully saturated rings. The number of benzene rings is 1. The molecule has 0 atom stereocenters. The Labute approximate surface area is 136 Å². The highest BCUT2D eigenvalue weighted by Crippen LogP contribution is 2.20. The van der Waals surface area contributed by atoms with Crippen LogP contribution in [0.4, 0.5) is 5.69 Å². The summed E-state index contributed by atoms with van der Waals surface area (Å²) in [5.74, 6) is 0. The van der Waals surface area contributed by atoms with E-state index in [1.54, 1.807) is 0 Å². The molecule has 5 nitrogen and oxygen atoms in total. The molecule has 0 saturated carbocycles. The van der Waals surface area contributed by atoms with Crippen LogP contribution in [0.1, 0.15) is 29.7 Å². The second-order valence-electron chi connectivity index (χ2n) is 5.96. The fraction of sp³-hybridized carbons (Fsp3) is 0.444. The van der Waals surface area contributed by atoms with Crippen molar-refractivity contribution < 1.29 is 0 Å². The largest absolute Gasteiger partial charge is 0.384 e. The Hall–Kier alpha value is -2.14. The summed E-state index contributed by atoms with van der Waals surface area (Å²) < 4.78 is 0. The third-order valence-electron chi connectivity index (χ3n) is 4.33. The van der Waals surface area contributed by atoms with Crippen LogP contribution in [-0.2, 0) is 19.3 Å². The highest BCUT2D eigenvalue weighted by Gasteiger charge is 2.17. The first-order valence-electron chi connectivity index (χ1n) is 8.43. The summed E-state index contributed by atoms with van der Waals surface area (Å²) in [4.78, 5) is 11.8. The molecule has 1 aromatic heterocycles. The molecule has 0 saturated heterocycles. The second-order valence-corrected chi connectivity index (χ2v) is 5.96. The molecule has 0 radical (unpaired) electrons. The molecule has 3 rings (SSSR count). The molecule has 0 unspecified atom stereocenters. The van der Waals surface area contributed by atoms with Gasteiger partial charge in [-0.25, -0.2) is 5.10 Å². The van der Waals surface area contributed by atoms with Crippen molar-refractivity contribution in [1.82, 2.24) is 15.5 Å². The second kappa shape index (κ2) is 7.92. The monoisotopic (exact) mass is 312 g/mol. The van der Waals surface area contributed by atoms with E-state index in [-0.39, 0.29) is 5.56 Å². The average Bonchev–Trinajstić information content (AvgIpc) is 2.61. The molecule has 0 aliphatic heterocycles. The van der Waals surface area contributed by atoms with Gasteiger partial charge in [0.25, 0.3) is 5.56 Å². The normalized spacial score (nSPS) is 13.6. The van der Waals surface area contributed by atoms with E-state index < -0.39 is 0 Å². The molecule has 1 heterocycles. The number of H-pyrrole nitrogens is 1. The maximum Gasteiger partial charge on any atom is 0.267 e. The molecule has 0 spiro atoms. The molecular formula is C18H24N4O. The van der Waals surface area contributed by atoms with Gasteiger partial charge in [-0.15, -0.1) is 0 Å². The predicted octanol–water partition coefficient (Wildman–Crippen LogP) is 1.89. The topological polar surface area (TPSA) is 69.8 Å². The maximum absolute atomic E-state index is 11.8. The highest BCUT2D eigenvalue weighted by atomic mass is 16.1. The number of hydrogen-bond acceptors (Lipinski definition) is 4. The minimum Gasteiger partial charge on any atom is -0.384 e. The van der Waals surface area contributed by atoms with E-state index in [1.807, 2.05) is 18.2 Å². The van der Waals surface area contributed by atoms with E-state index in [0.717, 1.165) is 62.3 Å². The smallest absolute Gasteiger partial charge is 0.267 e. The first-order valence-corrected chi connectivity index (χ1v) is 8.43. The number of para-hydroxylation sites is 1. The third-order valence-corrected chi connectivity index (χ3v) is 4.33. The average molecular weight is 312 g/mol. The van der Waals surface area contributed by atoms with Crippen molar-refractivity contribution in [3.63, 3.8) is 0 Å². The van der Waals surface area contributed by atoms with Crippen LogP contribution in [0.25, 0.3) is 0 Å². The van der Waals surface area contributed by atoms with Gasteiger partial charge in [0.15, 0.2) is 0 Å². The molecule has 1 aliphatic rings. The number of aromatic amines is 1. The van der Waals surface area contributed by atoms with Crippen LogP contribution in [0.3, 0.4) is 0 Å². The fourth-order valence-corrected chi connectivity index (χ4v) is 3.12. The first-order chi connectivity index (χ1) is 11.3. The zero-order chi connectivity index (χ0) is 15.9. The number of nitrogens with one attached hydrogen (secondary N) is 3. The minimum absolute atomic E-state index is 0.00321. The van der Waals surface area contributed by atoms with E-state index in [4.69, 9.17) is 0 Å². The highest BCUT2D eigenvalue weighted by molar-refractivity contribution is 5.42. The standard InChI is InChI=1S/C18H24N4O/c23-18-16-9-5-4-8-15(16)17(21-22-18)10-11-19-12-13-20-14-6-2-1-3-7-14/h1-3,6-7,19-20H,4-5,8-13H2,(H,22,23). The molecular weight excluding hydrogens is 288 g/mol. The van der Waals surface area contributed by atoms with Gasteiger partial charge in [0.1, 0.15) is 0 Å². The summed E-state index contributed by atoms with van der Waals surface area (Å²) in [6, 6.07) is 10.2. The van der Waals surface area contributed by atoms with Gasteiger partial charge in [-0.3, -0.25) is 4.79 Å². The van der Waals surface area contributed by atoms with Crippen molar-refractivity contribution in [3.05, 3.63) is 57.5 Å². The molecule has 23 heavy (non-hydrogen) atoms. The molecule has 2 aromatic rings. The van der Waals surface area contributed by atoms with Crippen LogP contribution in [-0.4, -0.2) is 29.8 Å². The lowest BCUT2D eigenvalue weighted by Gasteiger charge is -2.17. The van der Waals surface area contributed by atoms with Gasteiger partial charge in [0, 0.05) is 37.3 Å². The molecule has 0 bridgehead atoms. The Morgan fingerprint density at radius 2 is 1.78 bits per heavy atom. The van der Waals surface area contributed by atoms with Gasteiger partial charge in [-0.2, -0.15) is 5.10 Å². The summed E-state index contributed by atoms with van der Waals surface area (Å²) in [7, 11) is 0. The van der Waals surface area contributed by atoms with Gasteiger partial charge in [-0.1, -0.05) is 18.2 Å². The Balaban J connectivity index is 1.43. The number of nitrogens with zero attached hydrogens (tertiary/aromatic N) is 1. The van der Waals surface area contributed by atoms with Crippen molar-refractivity contribution in [2.45, 2.75) is 32.1 Å². The van der Waals surface area contributed by atoms with Gasteiger partial charge in [0.05, 0.1) is 5.69 Å². The number of anilines is 1. The quantitative estimate of drug-likeness (QED) is 0.683. The SMILES string of the molecule is O=c1[nH]nc(CCNCCNc2ccccc2)c2c1CCCC2. The lowest BCUT2D eigenvalue weighted by Crippen LogP contribution is -2.27. The van der Waals surface area contributed by atoms with Crippen molar-refractivity contribution in [2.24, 2.45) is 0 Å². The molecule has 122 valence electrons. The summed E-state index contributed by atoms with van der Waals surface area (Å²) >= 11 is 0. The van der Waals surface area contributed by atoms with Crippen LogP contribution in [0.2, 0.25) is 0 Å². The van der Waals surface area contributed by atoms with Gasteiger partial charge in [0.2, 0.25) is 0 Å². The third kappa shape index (κ3) is 4.20. The van der Waals surface area contributed by atoms with E-state index in [2.05, 4.69) is 33.0 Å². The maximum atomic E-state index is 11.8. The Morgan fingerprint density at radius 3 is 2.61 bits per heavy atom. The summed E-state index contributed by atoms with van der Waals surface area (Å²) in [5.41, 5.74) is 4.37.